The second-order valence-electron chi connectivity index (χ2n) is 5.93. The molecule has 1 aromatic heterocycles. The topological polar surface area (TPSA) is 57.8 Å². The number of H-pyrrole nitrogens is 1. The Kier molecular flexibility index (Phi) is 4.75. The first-order valence-corrected chi connectivity index (χ1v) is 8.14. The molecule has 122 valence electrons. The molecule has 1 amide bonds. The Balaban J connectivity index is 1.73. The molecule has 0 fully saturated rings. The van der Waals surface area contributed by atoms with E-state index in [-0.39, 0.29) is 11.8 Å². The van der Waals surface area contributed by atoms with Crippen LogP contribution in [0.3, 0.4) is 0 Å². The summed E-state index contributed by atoms with van der Waals surface area (Å²) in [5, 5.41) is 9.77. The summed E-state index contributed by atoms with van der Waals surface area (Å²) in [6.45, 7) is 4.08. The minimum absolute atomic E-state index is 0.0270. The second kappa shape index (κ2) is 7.13. The molecule has 0 aliphatic heterocycles. The lowest BCUT2D eigenvalue weighted by Gasteiger charge is -2.16. The van der Waals surface area contributed by atoms with Gasteiger partial charge in [0.1, 0.15) is 0 Å². The van der Waals surface area contributed by atoms with Gasteiger partial charge in [0.05, 0.1) is 12.1 Å². The second-order valence-corrected chi connectivity index (χ2v) is 5.93. The van der Waals surface area contributed by atoms with E-state index in [9.17, 15) is 4.79 Å². The number of rotatable bonds is 5. The van der Waals surface area contributed by atoms with Crippen LogP contribution >= 0.6 is 0 Å². The molecule has 0 radical (unpaired) electrons. The van der Waals surface area contributed by atoms with Crippen LogP contribution in [0.4, 0.5) is 5.69 Å². The normalized spacial score (nSPS) is 11.9. The molecule has 0 aliphatic carbocycles. The van der Waals surface area contributed by atoms with Crippen LogP contribution in [0.25, 0.3) is 11.1 Å². The predicted molar refractivity (Wildman–Crippen MR) is 96.9 cm³/mol. The standard InChI is InChI=1S/C20H21N3O/c1-3-19(16-6-4-5-14(2)11-16)20(24)23-18-9-7-15(8-10-18)17-12-21-22-13-17/h4-13,19H,3H2,1-2H3,(H,21,22)(H,23,24). The number of hydrogen-bond acceptors (Lipinski definition) is 2. The van der Waals surface area contributed by atoms with Gasteiger partial charge in [0, 0.05) is 17.4 Å². The van der Waals surface area contributed by atoms with Crippen molar-refractivity contribution in [3.8, 4) is 11.1 Å². The largest absolute Gasteiger partial charge is 0.326 e. The number of hydrogen-bond donors (Lipinski definition) is 2. The van der Waals surface area contributed by atoms with E-state index in [4.69, 9.17) is 0 Å². The molecule has 1 atom stereocenters. The van der Waals surface area contributed by atoms with Crippen LogP contribution in [-0.2, 0) is 4.79 Å². The molecule has 2 N–H and O–H groups in total. The van der Waals surface area contributed by atoms with Crippen molar-refractivity contribution in [3.05, 3.63) is 72.1 Å². The number of nitrogens with one attached hydrogen (secondary N) is 2. The molecule has 0 bridgehead atoms. The van der Waals surface area contributed by atoms with Crippen molar-refractivity contribution in [2.45, 2.75) is 26.2 Å². The number of benzene rings is 2. The van der Waals surface area contributed by atoms with Crippen molar-refractivity contribution in [2.24, 2.45) is 0 Å². The van der Waals surface area contributed by atoms with Gasteiger partial charge >= 0.3 is 0 Å². The monoisotopic (exact) mass is 319 g/mol. The first-order valence-electron chi connectivity index (χ1n) is 8.14. The number of carbonyl (C=O) groups excluding carboxylic acids is 1. The summed E-state index contributed by atoms with van der Waals surface area (Å²) in [5.41, 5.74) is 5.12. The van der Waals surface area contributed by atoms with E-state index in [0.717, 1.165) is 28.8 Å². The van der Waals surface area contributed by atoms with Gasteiger partial charge in [-0.3, -0.25) is 9.89 Å². The highest BCUT2D eigenvalue weighted by Gasteiger charge is 2.18. The molecule has 3 rings (SSSR count). The smallest absolute Gasteiger partial charge is 0.231 e. The van der Waals surface area contributed by atoms with Crippen LogP contribution in [0.5, 0.6) is 0 Å². The fourth-order valence-corrected chi connectivity index (χ4v) is 2.84. The summed E-state index contributed by atoms with van der Waals surface area (Å²) >= 11 is 0. The Morgan fingerprint density at radius 1 is 1.17 bits per heavy atom. The molecule has 4 nitrogen and oxygen atoms in total. The van der Waals surface area contributed by atoms with Gasteiger partial charge in [0.25, 0.3) is 0 Å². The Hall–Kier alpha value is -2.88. The SMILES string of the molecule is CCC(C(=O)Nc1ccc(-c2cn[nH]c2)cc1)c1cccc(C)c1. The van der Waals surface area contributed by atoms with Gasteiger partial charge in [-0.05, 0) is 36.6 Å². The number of amides is 1. The molecule has 2 aromatic carbocycles. The lowest BCUT2D eigenvalue weighted by molar-refractivity contribution is -0.117. The summed E-state index contributed by atoms with van der Waals surface area (Å²) in [4.78, 5) is 12.6. The van der Waals surface area contributed by atoms with Gasteiger partial charge in [-0.1, -0.05) is 48.9 Å². The molecule has 0 saturated heterocycles. The first kappa shape index (κ1) is 16.0. The Morgan fingerprint density at radius 2 is 1.96 bits per heavy atom. The lowest BCUT2D eigenvalue weighted by atomic mass is 9.94. The summed E-state index contributed by atoms with van der Waals surface area (Å²) in [5.74, 6) is -0.113. The van der Waals surface area contributed by atoms with Crippen LogP contribution in [0.15, 0.2) is 60.9 Å². The fourth-order valence-electron chi connectivity index (χ4n) is 2.84. The summed E-state index contributed by atoms with van der Waals surface area (Å²) in [7, 11) is 0. The van der Waals surface area contributed by atoms with E-state index in [1.165, 1.54) is 5.56 Å². The number of aromatic nitrogens is 2. The van der Waals surface area contributed by atoms with Gasteiger partial charge < -0.3 is 5.32 Å². The Labute approximate surface area is 141 Å². The van der Waals surface area contributed by atoms with E-state index < -0.39 is 0 Å². The van der Waals surface area contributed by atoms with Crippen LogP contribution in [0.1, 0.15) is 30.4 Å². The van der Waals surface area contributed by atoms with Crippen molar-refractivity contribution in [2.75, 3.05) is 5.32 Å². The molecular formula is C20H21N3O. The highest BCUT2D eigenvalue weighted by atomic mass is 16.1. The van der Waals surface area contributed by atoms with Crippen molar-refractivity contribution < 1.29 is 4.79 Å². The molecule has 1 unspecified atom stereocenters. The maximum atomic E-state index is 12.6. The number of nitrogens with zero attached hydrogens (tertiary/aromatic N) is 1. The van der Waals surface area contributed by atoms with Gasteiger partial charge in [-0.25, -0.2) is 0 Å². The fraction of sp³-hybridized carbons (Fsp3) is 0.200. The van der Waals surface area contributed by atoms with Crippen LogP contribution < -0.4 is 5.32 Å². The zero-order chi connectivity index (χ0) is 16.9. The van der Waals surface area contributed by atoms with Crippen LogP contribution in [-0.4, -0.2) is 16.1 Å². The third-order valence-corrected chi connectivity index (χ3v) is 4.15. The number of aromatic amines is 1. The average molecular weight is 319 g/mol. The predicted octanol–water partition coefficient (Wildman–Crippen LogP) is 4.52. The zero-order valence-corrected chi connectivity index (χ0v) is 13.9. The maximum absolute atomic E-state index is 12.6. The van der Waals surface area contributed by atoms with Gasteiger partial charge in [-0.2, -0.15) is 5.10 Å². The molecule has 3 aromatic rings. The number of anilines is 1. The minimum atomic E-state index is -0.140. The molecule has 0 aliphatic rings. The van der Waals surface area contributed by atoms with E-state index in [2.05, 4.69) is 21.6 Å². The van der Waals surface area contributed by atoms with Crippen LogP contribution in [0, 0.1) is 6.92 Å². The van der Waals surface area contributed by atoms with Gasteiger partial charge in [-0.15, -0.1) is 0 Å². The molecule has 4 heteroatoms. The molecule has 24 heavy (non-hydrogen) atoms. The zero-order valence-electron chi connectivity index (χ0n) is 13.9. The molecule has 0 saturated carbocycles. The Morgan fingerprint density at radius 3 is 2.58 bits per heavy atom. The van der Waals surface area contributed by atoms with E-state index in [0.29, 0.717) is 0 Å². The highest BCUT2D eigenvalue weighted by Crippen LogP contribution is 2.24. The first-order chi connectivity index (χ1) is 11.7. The Bertz CT molecular complexity index is 807. The maximum Gasteiger partial charge on any atom is 0.231 e. The van der Waals surface area contributed by atoms with E-state index >= 15 is 0 Å². The molecule has 0 spiro atoms. The van der Waals surface area contributed by atoms with Crippen molar-refractivity contribution >= 4 is 11.6 Å². The van der Waals surface area contributed by atoms with Gasteiger partial charge in [0.2, 0.25) is 5.91 Å². The number of carbonyl (C=O) groups is 1. The summed E-state index contributed by atoms with van der Waals surface area (Å²) in [6, 6.07) is 15.9. The van der Waals surface area contributed by atoms with Crippen molar-refractivity contribution in [1.82, 2.24) is 10.2 Å². The molecular weight excluding hydrogens is 298 g/mol. The van der Waals surface area contributed by atoms with Crippen LogP contribution in [0.2, 0.25) is 0 Å². The average Bonchev–Trinajstić information content (AvgIpc) is 3.11. The lowest BCUT2D eigenvalue weighted by Crippen LogP contribution is -2.20. The summed E-state index contributed by atoms with van der Waals surface area (Å²) in [6.07, 6.45) is 4.39. The third-order valence-electron chi connectivity index (χ3n) is 4.15. The van der Waals surface area contributed by atoms with Crippen molar-refractivity contribution in [1.29, 1.82) is 0 Å². The van der Waals surface area contributed by atoms with E-state index in [1.807, 2.05) is 62.5 Å². The third kappa shape index (κ3) is 3.54. The minimum Gasteiger partial charge on any atom is -0.326 e. The quantitative estimate of drug-likeness (QED) is 0.726. The summed E-state index contributed by atoms with van der Waals surface area (Å²) < 4.78 is 0. The van der Waals surface area contributed by atoms with Crippen molar-refractivity contribution in [3.63, 3.8) is 0 Å². The number of aryl methyl sites for hydroxylation is 1. The highest BCUT2D eigenvalue weighted by molar-refractivity contribution is 5.96. The molecule has 1 heterocycles. The van der Waals surface area contributed by atoms with E-state index in [1.54, 1.807) is 6.20 Å². The van der Waals surface area contributed by atoms with Gasteiger partial charge in [0.15, 0.2) is 0 Å².